The van der Waals surface area contributed by atoms with E-state index < -0.39 is 12.2 Å². The summed E-state index contributed by atoms with van der Waals surface area (Å²) >= 11 is 15.1. The van der Waals surface area contributed by atoms with Gasteiger partial charge in [0.05, 0.1) is 28.6 Å². The van der Waals surface area contributed by atoms with E-state index in [-0.39, 0.29) is 18.9 Å². The van der Waals surface area contributed by atoms with Gasteiger partial charge in [0, 0.05) is 40.8 Å². The SMILES string of the molecule is CCN1CCC(c2ccc(-c3cc(Cl)c4cn(C(C(=O)Nc5nccs5)c5ncn6c5CC(F)C6)nc4c3Cl)cc2)CC1. The van der Waals surface area contributed by atoms with E-state index in [1.807, 2.05) is 6.07 Å². The Morgan fingerprint density at radius 1 is 1.19 bits per heavy atom. The number of piperidine rings is 1. The molecule has 0 spiro atoms. The summed E-state index contributed by atoms with van der Waals surface area (Å²) in [5, 5.41) is 11.4. The molecule has 0 saturated carbocycles. The Hall–Kier alpha value is -3.31. The third-order valence-corrected chi connectivity index (χ3v) is 10.0. The van der Waals surface area contributed by atoms with Gasteiger partial charge in [-0.3, -0.25) is 14.8 Å². The highest BCUT2D eigenvalue weighted by atomic mass is 35.5. The zero-order valence-electron chi connectivity index (χ0n) is 23.5. The van der Waals surface area contributed by atoms with E-state index >= 15 is 0 Å². The van der Waals surface area contributed by atoms with Crippen LogP contribution < -0.4 is 5.32 Å². The van der Waals surface area contributed by atoms with Crippen LogP contribution in [0, 0.1) is 0 Å². The maximum Gasteiger partial charge on any atom is 0.257 e. The number of anilines is 1. The summed E-state index contributed by atoms with van der Waals surface area (Å²) in [6.45, 7) is 5.78. The normalized spacial score (nSPS) is 18.3. The summed E-state index contributed by atoms with van der Waals surface area (Å²) in [5.41, 5.74) is 4.64. The third kappa shape index (κ3) is 5.35. The molecule has 5 aromatic rings. The number of carbonyl (C=O) groups excluding carboxylic acids is 1. The summed E-state index contributed by atoms with van der Waals surface area (Å²) in [4.78, 5) is 24.9. The van der Waals surface area contributed by atoms with Gasteiger partial charge in [0.1, 0.15) is 11.7 Å². The van der Waals surface area contributed by atoms with E-state index in [0.29, 0.717) is 43.4 Å². The van der Waals surface area contributed by atoms with E-state index in [4.69, 9.17) is 28.3 Å². The molecule has 2 aromatic carbocycles. The van der Waals surface area contributed by atoms with Crippen LogP contribution in [0.2, 0.25) is 10.0 Å². The summed E-state index contributed by atoms with van der Waals surface area (Å²) in [7, 11) is 0. The first-order chi connectivity index (χ1) is 20.9. The number of alkyl halides is 1. The molecule has 12 heteroatoms. The lowest BCUT2D eigenvalue weighted by atomic mass is 9.88. The molecule has 2 aliphatic heterocycles. The zero-order chi connectivity index (χ0) is 29.7. The standard InChI is InChI=1S/C31H30Cl2FN7OS/c1-2-39-10-7-19(8-11-39)18-3-5-20(6-4-18)22-14-24(32)23-16-41(38-27(23)26(22)33)29(30(42)37-31-35-9-12-43-31)28-25-13-21(34)15-40(25)17-36-28/h3-6,9,12,14,16-17,19,21,29H,2,7-8,10-11,13,15H2,1H3,(H,35,37,42). The van der Waals surface area contributed by atoms with Crippen molar-refractivity contribution in [3.05, 3.63) is 81.4 Å². The highest BCUT2D eigenvalue weighted by Gasteiger charge is 2.34. The van der Waals surface area contributed by atoms with Crippen LogP contribution in [0.4, 0.5) is 9.52 Å². The van der Waals surface area contributed by atoms with E-state index in [0.717, 1.165) is 43.6 Å². The molecule has 1 fully saturated rings. The number of likely N-dealkylation sites (tertiary alicyclic amines) is 1. The number of hydrogen-bond donors (Lipinski definition) is 1. The number of nitrogens with one attached hydrogen (secondary N) is 1. The van der Waals surface area contributed by atoms with Crippen LogP contribution in [0.5, 0.6) is 0 Å². The molecule has 2 unspecified atom stereocenters. The lowest BCUT2D eigenvalue weighted by molar-refractivity contribution is -0.118. The van der Waals surface area contributed by atoms with Crippen LogP contribution >= 0.6 is 34.5 Å². The lowest BCUT2D eigenvalue weighted by Crippen LogP contribution is -2.32. The molecule has 1 N–H and O–H groups in total. The molecule has 0 bridgehead atoms. The van der Waals surface area contributed by atoms with Crippen molar-refractivity contribution in [3.63, 3.8) is 0 Å². The number of fused-ring (bicyclic) bond motifs is 2. The number of thiazole rings is 1. The fourth-order valence-corrected chi connectivity index (χ4v) is 7.41. The van der Waals surface area contributed by atoms with Crippen LogP contribution in [0.15, 0.2) is 54.4 Å². The van der Waals surface area contributed by atoms with Crippen molar-refractivity contribution >= 4 is 56.5 Å². The van der Waals surface area contributed by atoms with Crippen molar-refractivity contribution in [2.75, 3.05) is 25.0 Å². The molecule has 5 heterocycles. The third-order valence-electron chi connectivity index (χ3n) is 8.66. The van der Waals surface area contributed by atoms with E-state index in [1.165, 1.54) is 21.6 Å². The second kappa shape index (κ2) is 11.6. The van der Waals surface area contributed by atoms with Crippen molar-refractivity contribution in [2.24, 2.45) is 0 Å². The van der Waals surface area contributed by atoms with Gasteiger partial charge in [-0.15, -0.1) is 11.3 Å². The van der Waals surface area contributed by atoms with E-state index in [2.05, 4.69) is 51.4 Å². The quantitative estimate of drug-likeness (QED) is 0.208. The Bertz CT molecular complexity index is 1780. The first-order valence-electron chi connectivity index (χ1n) is 14.5. The fraction of sp³-hybridized carbons (Fsp3) is 0.355. The minimum Gasteiger partial charge on any atom is -0.331 e. The molecule has 7 rings (SSSR count). The Kier molecular flexibility index (Phi) is 7.71. The van der Waals surface area contributed by atoms with Gasteiger partial charge < -0.3 is 9.47 Å². The van der Waals surface area contributed by atoms with Crippen molar-refractivity contribution in [2.45, 2.75) is 50.9 Å². The second-order valence-electron chi connectivity index (χ2n) is 11.2. The first kappa shape index (κ1) is 28.5. The average molecular weight is 639 g/mol. The Morgan fingerprint density at radius 2 is 1.98 bits per heavy atom. The van der Waals surface area contributed by atoms with Gasteiger partial charge in [0.25, 0.3) is 5.91 Å². The van der Waals surface area contributed by atoms with Crippen LogP contribution in [-0.2, 0) is 17.8 Å². The van der Waals surface area contributed by atoms with Gasteiger partial charge >= 0.3 is 0 Å². The maximum absolute atomic E-state index is 14.3. The number of nitrogens with zero attached hydrogens (tertiary/aromatic N) is 6. The van der Waals surface area contributed by atoms with E-state index in [1.54, 1.807) is 28.7 Å². The number of rotatable bonds is 7. The van der Waals surface area contributed by atoms with Crippen LogP contribution in [0.25, 0.3) is 22.0 Å². The Labute approximate surface area is 262 Å². The average Bonchev–Trinajstić information content (AvgIpc) is 3.82. The smallest absolute Gasteiger partial charge is 0.257 e. The van der Waals surface area contributed by atoms with Gasteiger partial charge in [-0.1, -0.05) is 54.4 Å². The molecule has 3 aromatic heterocycles. The zero-order valence-corrected chi connectivity index (χ0v) is 25.8. The number of carbonyl (C=O) groups is 1. The minimum absolute atomic E-state index is 0.177. The number of hydrogen-bond acceptors (Lipinski definition) is 6. The van der Waals surface area contributed by atoms with Gasteiger partial charge in [-0.25, -0.2) is 14.4 Å². The number of benzene rings is 2. The molecule has 8 nitrogen and oxygen atoms in total. The van der Waals surface area contributed by atoms with Gasteiger partial charge in [0.2, 0.25) is 0 Å². The molecule has 2 aliphatic rings. The molecular weight excluding hydrogens is 608 g/mol. The molecule has 1 amide bonds. The molecule has 0 aliphatic carbocycles. The lowest BCUT2D eigenvalue weighted by Gasteiger charge is -2.31. The molecule has 1 saturated heterocycles. The summed E-state index contributed by atoms with van der Waals surface area (Å²) in [5.74, 6) is 0.165. The van der Waals surface area contributed by atoms with Crippen LogP contribution in [-0.4, -0.2) is 60.9 Å². The summed E-state index contributed by atoms with van der Waals surface area (Å²) in [6.07, 6.45) is 6.36. The number of amides is 1. The molecule has 222 valence electrons. The van der Waals surface area contributed by atoms with Gasteiger partial charge in [0.15, 0.2) is 11.2 Å². The summed E-state index contributed by atoms with van der Waals surface area (Å²) in [6, 6.07) is 9.42. The largest absolute Gasteiger partial charge is 0.331 e. The Morgan fingerprint density at radius 3 is 2.70 bits per heavy atom. The van der Waals surface area contributed by atoms with Crippen LogP contribution in [0.1, 0.15) is 48.7 Å². The monoisotopic (exact) mass is 637 g/mol. The number of aromatic nitrogens is 5. The second-order valence-corrected chi connectivity index (χ2v) is 12.9. The molecule has 2 atom stereocenters. The fourth-order valence-electron chi connectivity index (χ4n) is 6.33. The van der Waals surface area contributed by atoms with Crippen molar-refractivity contribution in [3.8, 4) is 11.1 Å². The molecule has 0 radical (unpaired) electrons. The van der Waals surface area contributed by atoms with Gasteiger partial charge in [-0.05, 0) is 55.6 Å². The van der Waals surface area contributed by atoms with Crippen molar-refractivity contribution in [1.82, 2.24) is 29.2 Å². The Balaban J connectivity index is 1.24. The van der Waals surface area contributed by atoms with Gasteiger partial charge in [-0.2, -0.15) is 5.10 Å². The summed E-state index contributed by atoms with van der Waals surface area (Å²) < 4.78 is 17.6. The topological polar surface area (TPSA) is 80.9 Å². The maximum atomic E-state index is 14.3. The van der Waals surface area contributed by atoms with Crippen LogP contribution in [0.3, 0.4) is 0 Å². The minimum atomic E-state index is -1.03. The molecular formula is C31H30Cl2FN7OS. The predicted molar refractivity (Wildman–Crippen MR) is 169 cm³/mol. The molecule has 43 heavy (non-hydrogen) atoms. The van der Waals surface area contributed by atoms with Crippen molar-refractivity contribution < 1.29 is 9.18 Å². The highest BCUT2D eigenvalue weighted by Crippen LogP contribution is 2.40. The highest BCUT2D eigenvalue weighted by molar-refractivity contribution is 7.13. The first-order valence-corrected chi connectivity index (χ1v) is 16.1. The van der Waals surface area contributed by atoms with Crippen molar-refractivity contribution in [1.29, 1.82) is 0 Å². The number of halogens is 3. The van der Waals surface area contributed by atoms with E-state index in [9.17, 15) is 9.18 Å². The number of imidazole rings is 1. The predicted octanol–water partition coefficient (Wildman–Crippen LogP) is 6.98.